The van der Waals surface area contributed by atoms with E-state index in [4.69, 9.17) is 0 Å². The quantitative estimate of drug-likeness (QED) is 0.706. The van der Waals surface area contributed by atoms with Crippen molar-refractivity contribution < 1.29 is 9.59 Å². The molecule has 3 aromatic rings. The van der Waals surface area contributed by atoms with Gasteiger partial charge in [-0.25, -0.2) is 0 Å². The van der Waals surface area contributed by atoms with Gasteiger partial charge >= 0.3 is 0 Å². The molecule has 0 bridgehead atoms. The summed E-state index contributed by atoms with van der Waals surface area (Å²) in [5, 5.41) is 2.69. The van der Waals surface area contributed by atoms with Gasteiger partial charge in [-0.2, -0.15) is 0 Å². The van der Waals surface area contributed by atoms with E-state index in [2.05, 4.69) is 5.32 Å². The molecular formula is C22H20N2O3. The number of nitrogens with zero attached hydrogens (tertiary/aromatic N) is 1. The van der Waals surface area contributed by atoms with Crippen molar-refractivity contribution in [1.29, 1.82) is 0 Å². The summed E-state index contributed by atoms with van der Waals surface area (Å²) in [7, 11) is 0. The lowest BCUT2D eigenvalue weighted by atomic mass is 10.1. The van der Waals surface area contributed by atoms with Crippen molar-refractivity contribution in [3.05, 3.63) is 99.5 Å². The minimum Gasteiger partial charge on any atom is -0.322 e. The summed E-state index contributed by atoms with van der Waals surface area (Å²) in [5.74, 6) is -0.591. The monoisotopic (exact) mass is 360 g/mol. The van der Waals surface area contributed by atoms with Gasteiger partial charge in [0.15, 0.2) is 5.78 Å². The third-order valence-electron chi connectivity index (χ3n) is 4.39. The van der Waals surface area contributed by atoms with Crippen LogP contribution >= 0.6 is 0 Å². The largest absolute Gasteiger partial charge is 0.322 e. The predicted octanol–water partition coefficient (Wildman–Crippen LogP) is 3.66. The number of aromatic nitrogens is 1. The Balaban J connectivity index is 1.86. The fourth-order valence-corrected chi connectivity index (χ4v) is 2.82. The topological polar surface area (TPSA) is 68.2 Å². The Labute approximate surface area is 157 Å². The van der Waals surface area contributed by atoms with Crippen LogP contribution in [-0.2, 0) is 6.54 Å². The van der Waals surface area contributed by atoms with Crippen LogP contribution in [0, 0.1) is 6.92 Å². The molecule has 0 radical (unpaired) electrons. The number of rotatable bonds is 5. The molecule has 0 saturated carbocycles. The molecule has 0 saturated heterocycles. The second-order valence-corrected chi connectivity index (χ2v) is 6.37. The lowest BCUT2D eigenvalue weighted by Gasteiger charge is -2.11. The van der Waals surface area contributed by atoms with E-state index >= 15 is 0 Å². The number of carbonyl (C=O) groups excluding carboxylic acids is 2. The van der Waals surface area contributed by atoms with Gasteiger partial charge in [-0.1, -0.05) is 36.4 Å². The fourth-order valence-electron chi connectivity index (χ4n) is 2.82. The third-order valence-corrected chi connectivity index (χ3v) is 4.39. The Morgan fingerprint density at radius 2 is 1.78 bits per heavy atom. The van der Waals surface area contributed by atoms with Crippen molar-refractivity contribution in [1.82, 2.24) is 4.57 Å². The van der Waals surface area contributed by atoms with Gasteiger partial charge in [0.05, 0.1) is 6.54 Å². The summed E-state index contributed by atoms with van der Waals surface area (Å²) >= 11 is 0. The van der Waals surface area contributed by atoms with E-state index < -0.39 is 5.91 Å². The van der Waals surface area contributed by atoms with Gasteiger partial charge in [-0.05, 0) is 49.2 Å². The molecule has 0 aliphatic carbocycles. The maximum Gasteiger partial charge on any atom is 0.263 e. The van der Waals surface area contributed by atoms with Crippen molar-refractivity contribution >= 4 is 17.4 Å². The second-order valence-electron chi connectivity index (χ2n) is 6.37. The van der Waals surface area contributed by atoms with Crippen molar-refractivity contribution in [2.75, 3.05) is 5.32 Å². The van der Waals surface area contributed by atoms with Crippen LogP contribution in [0.2, 0.25) is 0 Å². The molecule has 2 aromatic carbocycles. The molecule has 3 rings (SSSR count). The first-order chi connectivity index (χ1) is 13.0. The van der Waals surface area contributed by atoms with E-state index in [0.717, 1.165) is 11.1 Å². The molecule has 0 spiro atoms. The lowest BCUT2D eigenvalue weighted by molar-refractivity contribution is 0.101. The Hall–Kier alpha value is -3.47. The zero-order valence-corrected chi connectivity index (χ0v) is 15.2. The van der Waals surface area contributed by atoms with Crippen molar-refractivity contribution in [3.8, 4) is 0 Å². The van der Waals surface area contributed by atoms with E-state index in [1.54, 1.807) is 36.5 Å². The molecule has 5 nitrogen and oxygen atoms in total. The molecule has 0 fully saturated rings. The number of pyridine rings is 1. The summed E-state index contributed by atoms with van der Waals surface area (Å²) in [5.41, 5.74) is 2.77. The van der Waals surface area contributed by atoms with Crippen LogP contribution in [0.3, 0.4) is 0 Å². The van der Waals surface area contributed by atoms with Gasteiger partial charge < -0.3 is 9.88 Å². The highest BCUT2D eigenvalue weighted by atomic mass is 16.2. The minimum atomic E-state index is -0.500. The molecule has 0 aliphatic rings. The number of hydrogen-bond acceptors (Lipinski definition) is 3. The minimum absolute atomic E-state index is 0.0549. The average Bonchev–Trinajstić information content (AvgIpc) is 2.65. The molecular weight excluding hydrogens is 340 g/mol. The number of carbonyl (C=O) groups is 2. The number of amides is 1. The highest BCUT2D eigenvalue weighted by molar-refractivity contribution is 6.04. The number of ketones is 1. The van der Waals surface area contributed by atoms with E-state index in [0.29, 0.717) is 17.8 Å². The van der Waals surface area contributed by atoms with Crippen LogP contribution in [0.15, 0.2) is 71.7 Å². The molecule has 0 aliphatic heterocycles. The maximum atomic E-state index is 12.7. The van der Waals surface area contributed by atoms with Crippen LogP contribution in [0.4, 0.5) is 5.69 Å². The molecule has 136 valence electrons. The molecule has 1 amide bonds. The average molecular weight is 360 g/mol. The van der Waals surface area contributed by atoms with Gasteiger partial charge in [0.25, 0.3) is 11.5 Å². The lowest BCUT2D eigenvalue weighted by Crippen LogP contribution is -2.29. The van der Waals surface area contributed by atoms with Crippen LogP contribution in [-0.4, -0.2) is 16.3 Å². The first-order valence-corrected chi connectivity index (χ1v) is 8.62. The van der Waals surface area contributed by atoms with E-state index in [1.165, 1.54) is 17.6 Å². The van der Waals surface area contributed by atoms with Gasteiger partial charge in [0.2, 0.25) is 0 Å². The van der Waals surface area contributed by atoms with Gasteiger partial charge in [-0.15, -0.1) is 0 Å². The smallest absolute Gasteiger partial charge is 0.263 e. The van der Waals surface area contributed by atoms with Gasteiger partial charge in [-0.3, -0.25) is 14.4 Å². The van der Waals surface area contributed by atoms with Crippen molar-refractivity contribution in [3.63, 3.8) is 0 Å². The first kappa shape index (κ1) is 18.3. The van der Waals surface area contributed by atoms with E-state index in [-0.39, 0.29) is 16.9 Å². The Morgan fingerprint density at radius 1 is 1.00 bits per heavy atom. The Bertz CT molecular complexity index is 1070. The van der Waals surface area contributed by atoms with Crippen molar-refractivity contribution in [2.45, 2.75) is 20.4 Å². The summed E-state index contributed by atoms with van der Waals surface area (Å²) in [6.07, 6.45) is 1.67. The van der Waals surface area contributed by atoms with Gasteiger partial charge in [0, 0.05) is 17.4 Å². The van der Waals surface area contributed by atoms with E-state index in [1.807, 2.05) is 31.2 Å². The zero-order valence-electron chi connectivity index (χ0n) is 15.2. The number of anilines is 1. The number of Topliss-reactive ketones (excluding diaryl/α,β-unsaturated/α-hetero) is 1. The number of aryl methyl sites for hydroxylation is 1. The highest BCUT2D eigenvalue weighted by Crippen LogP contribution is 2.13. The normalized spacial score (nSPS) is 10.4. The Kier molecular flexibility index (Phi) is 5.31. The molecule has 0 atom stereocenters. The fraction of sp³-hybridized carbons (Fsp3) is 0.136. The molecule has 1 heterocycles. The van der Waals surface area contributed by atoms with Crippen LogP contribution in [0.25, 0.3) is 0 Å². The van der Waals surface area contributed by atoms with E-state index in [9.17, 15) is 14.4 Å². The molecule has 1 N–H and O–H groups in total. The molecule has 27 heavy (non-hydrogen) atoms. The van der Waals surface area contributed by atoms with Gasteiger partial charge in [0.1, 0.15) is 5.56 Å². The van der Waals surface area contributed by atoms with Crippen LogP contribution in [0.1, 0.15) is 38.8 Å². The van der Waals surface area contributed by atoms with Crippen LogP contribution in [0.5, 0.6) is 0 Å². The number of nitrogens with one attached hydrogen (secondary N) is 1. The zero-order chi connectivity index (χ0) is 19.4. The molecule has 0 unspecified atom stereocenters. The standard InChI is InChI=1S/C22H20N2O3/c1-15-7-3-4-8-18(15)14-24-12-6-11-20(22(24)27)21(26)23-19-10-5-9-17(13-19)16(2)25/h3-13H,14H2,1-2H3,(H,23,26). The van der Waals surface area contributed by atoms with Crippen molar-refractivity contribution in [2.24, 2.45) is 0 Å². The van der Waals surface area contributed by atoms with Crippen LogP contribution < -0.4 is 10.9 Å². The summed E-state index contributed by atoms with van der Waals surface area (Å²) in [6, 6.07) is 17.6. The molecule has 5 heteroatoms. The predicted molar refractivity (Wildman–Crippen MR) is 105 cm³/mol. The summed E-state index contributed by atoms with van der Waals surface area (Å²) in [6.45, 7) is 3.84. The number of hydrogen-bond donors (Lipinski definition) is 1. The second kappa shape index (κ2) is 7.83. The first-order valence-electron chi connectivity index (χ1n) is 8.62. The maximum absolute atomic E-state index is 12.7. The SMILES string of the molecule is CC(=O)c1cccc(NC(=O)c2cccn(Cc3ccccc3C)c2=O)c1. The summed E-state index contributed by atoms with van der Waals surface area (Å²) in [4.78, 5) is 36.8. The highest BCUT2D eigenvalue weighted by Gasteiger charge is 2.13. The summed E-state index contributed by atoms with van der Waals surface area (Å²) < 4.78 is 1.52. The number of benzene rings is 2. The molecule has 1 aromatic heterocycles. The third kappa shape index (κ3) is 4.20. The Morgan fingerprint density at radius 3 is 2.52 bits per heavy atom.